The smallest absolute Gasteiger partial charge is 0.244 e. The summed E-state index contributed by atoms with van der Waals surface area (Å²) in [7, 11) is -3.71. The van der Waals surface area contributed by atoms with Crippen LogP contribution in [0.3, 0.4) is 0 Å². The van der Waals surface area contributed by atoms with Gasteiger partial charge in [-0.2, -0.15) is 4.31 Å². The molecule has 1 aliphatic rings. The third-order valence-corrected chi connectivity index (χ3v) is 6.50. The van der Waals surface area contributed by atoms with Crippen molar-refractivity contribution in [2.24, 2.45) is 0 Å². The van der Waals surface area contributed by atoms with Crippen molar-refractivity contribution in [1.29, 1.82) is 0 Å². The van der Waals surface area contributed by atoms with Crippen molar-refractivity contribution in [3.05, 3.63) is 35.3 Å². The van der Waals surface area contributed by atoms with Crippen molar-refractivity contribution in [3.8, 4) is 0 Å². The van der Waals surface area contributed by atoms with E-state index in [4.69, 9.17) is 0 Å². The Hall–Kier alpha value is -1.84. The summed E-state index contributed by atoms with van der Waals surface area (Å²) in [6.07, 6.45) is 2.05. The van der Waals surface area contributed by atoms with Gasteiger partial charge in [0.25, 0.3) is 0 Å². The Morgan fingerprint density at radius 3 is 2.71 bits per heavy atom. The molecule has 2 aromatic rings. The largest absolute Gasteiger partial charge is 0.299 e. The van der Waals surface area contributed by atoms with Crippen molar-refractivity contribution < 1.29 is 13.2 Å². The molecule has 0 saturated carbocycles. The second-order valence-corrected chi connectivity index (χ2v) is 8.40. The van der Waals surface area contributed by atoms with Gasteiger partial charge in [-0.15, -0.1) is 10.2 Å². The highest BCUT2D eigenvalue weighted by molar-refractivity contribution is 7.89. The molecule has 0 unspecified atom stereocenters. The molecule has 7 nitrogen and oxygen atoms in total. The maximum Gasteiger partial charge on any atom is 0.244 e. The van der Waals surface area contributed by atoms with Crippen LogP contribution in [0.15, 0.2) is 34.7 Å². The Kier molecular flexibility index (Phi) is 4.93. The molecule has 0 radical (unpaired) electrons. The van der Waals surface area contributed by atoms with Crippen molar-refractivity contribution in [2.75, 3.05) is 11.9 Å². The van der Waals surface area contributed by atoms with Crippen LogP contribution in [-0.4, -0.2) is 41.4 Å². The number of piperidine rings is 1. The van der Waals surface area contributed by atoms with E-state index in [1.54, 1.807) is 24.3 Å². The quantitative estimate of drug-likeness (QED) is 0.894. The summed E-state index contributed by atoms with van der Waals surface area (Å²) in [4.78, 5) is 12.7. The molecule has 1 N–H and O–H groups in total. The molecule has 1 amide bonds. The second kappa shape index (κ2) is 6.96. The first kappa shape index (κ1) is 17.0. The molecule has 1 aromatic heterocycles. The molecule has 2 heterocycles. The summed E-state index contributed by atoms with van der Waals surface area (Å²) in [5, 5.41) is 10.5. The molecule has 1 aliphatic heterocycles. The summed E-state index contributed by atoms with van der Waals surface area (Å²) in [6.45, 7) is 2.24. The lowest BCUT2D eigenvalue weighted by molar-refractivity contribution is -0.120. The molecular formula is C15H18N4O3S2. The van der Waals surface area contributed by atoms with Gasteiger partial charge in [-0.05, 0) is 31.9 Å². The molecule has 24 heavy (non-hydrogen) atoms. The third kappa shape index (κ3) is 3.47. The number of anilines is 1. The number of aryl methyl sites for hydroxylation is 1. The summed E-state index contributed by atoms with van der Waals surface area (Å²) >= 11 is 1.20. The first-order valence-corrected chi connectivity index (χ1v) is 9.96. The summed E-state index contributed by atoms with van der Waals surface area (Å²) in [6, 6.07) is 5.95. The Labute approximate surface area is 144 Å². The zero-order valence-electron chi connectivity index (χ0n) is 13.2. The van der Waals surface area contributed by atoms with Gasteiger partial charge < -0.3 is 0 Å². The van der Waals surface area contributed by atoms with Gasteiger partial charge in [0.05, 0.1) is 4.90 Å². The lowest BCUT2D eigenvalue weighted by Gasteiger charge is -2.33. The fraction of sp³-hybridized carbons (Fsp3) is 0.400. The Bertz CT molecular complexity index is 804. The van der Waals surface area contributed by atoms with E-state index in [9.17, 15) is 13.2 Å². The minimum atomic E-state index is -3.71. The lowest BCUT2D eigenvalue weighted by Crippen LogP contribution is -2.49. The first-order valence-electron chi connectivity index (χ1n) is 7.64. The van der Waals surface area contributed by atoms with Crippen molar-refractivity contribution >= 4 is 32.4 Å². The van der Waals surface area contributed by atoms with Crippen LogP contribution in [0.5, 0.6) is 0 Å². The maximum atomic E-state index is 12.9. The Balaban J connectivity index is 1.85. The molecule has 1 aromatic carbocycles. The zero-order valence-corrected chi connectivity index (χ0v) is 14.8. The monoisotopic (exact) mass is 366 g/mol. The van der Waals surface area contributed by atoms with E-state index >= 15 is 0 Å². The van der Waals surface area contributed by atoms with E-state index in [0.29, 0.717) is 18.1 Å². The Morgan fingerprint density at radius 2 is 2.04 bits per heavy atom. The van der Waals surface area contributed by atoms with Crippen LogP contribution >= 0.6 is 11.3 Å². The summed E-state index contributed by atoms with van der Waals surface area (Å²) in [5.41, 5.74) is 2.50. The van der Waals surface area contributed by atoms with Gasteiger partial charge in [0, 0.05) is 6.54 Å². The average molecular weight is 366 g/mol. The fourth-order valence-corrected chi connectivity index (χ4v) is 4.82. The van der Waals surface area contributed by atoms with E-state index in [1.807, 2.05) is 6.92 Å². The van der Waals surface area contributed by atoms with Crippen molar-refractivity contribution in [3.63, 3.8) is 0 Å². The topological polar surface area (TPSA) is 92.3 Å². The van der Waals surface area contributed by atoms with Gasteiger partial charge in [-0.1, -0.05) is 35.5 Å². The van der Waals surface area contributed by atoms with Gasteiger partial charge in [-0.3, -0.25) is 10.1 Å². The number of sulfonamides is 1. The zero-order chi connectivity index (χ0) is 17.2. The lowest BCUT2D eigenvalue weighted by atomic mass is 10.0. The van der Waals surface area contributed by atoms with Crippen LogP contribution in [0.25, 0.3) is 0 Å². The van der Waals surface area contributed by atoms with Crippen LogP contribution < -0.4 is 5.32 Å². The molecule has 0 bridgehead atoms. The minimum Gasteiger partial charge on any atom is -0.299 e. The molecule has 0 spiro atoms. The fourth-order valence-electron chi connectivity index (χ4n) is 2.72. The molecule has 3 rings (SSSR count). The van der Waals surface area contributed by atoms with Crippen LogP contribution in [-0.2, 0) is 14.8 Å². The van der Waals surface area contributed by atoms with Gasteiger partial charge in [0.15, 0.2) is 0 Å². The van der Waals surface area contributed by atoms with E-state index in [1.165, 1.54) is 21.2 Å². The molecular weight excluding hydrogens is 348 g/mol. The van der Waals surface area contributed by atoms with E-state index in [0.717, 1.165) is 18.4 Å². The number of nitrogens with one attached hydrogen (secondary N) is 1. The van der Waals surface area contributed by atoms with Gasteiger partial charge in [0.2, 0.25) is 21.1 Å². The standard InChI is InChI=1S/C15H18N4O3S2/c1-11-5-7-12(8-6-11)24(21,22)19-9-3-2-4-13(19)14(20)17-15-18-16-10-23-15/h5-8,10,13H,2-4,9H2,1H3,(H,17,18,20)/t13-/m0/s1. The van der Waals surface area contributed by atoms with E-state index in [-0.39, 0.29) is 10.8 Å². The number of hydrogen-bond donors (Lipinski definition) is 1. The van der Waals surface area contributed by atoms with Crippen LogP contribution in [0.1, 0.15) is 24.8 Å². The predicted octanol–water partition coefficient (Wildman–Crippen LogP) is 2.03. The van der Waals surface area contributed by atoms with Crippen LogP contribution in [0, 0.1) is 6.92 Å². The molecule has 1 fully saturated rings. The molecule has 1 atom stereocenters. The number of benzene rings is 1. The highest BCUT2D eigenvalue weighted by Gasteiger charge is 2.37. The predicted molar refractivity (Wildman–Crippen MR) is 91.2 cm³/mol. The Morgan fingerprint density at radius 1 is 1.29 bits per heavy atom. The minimum absolute atomic E-state index is 0.212. The third-order valence-electron chi connectivity index (χ3n) is 3.97. The molecule has 9 heteroatoms. The number of aromatic nitrogens is 2. The van der Waals surface area contributed by atoms with Crippen LogP contribution in [0.4, 0.5) is 5.13 Å². The number of carbonyl (C=O) groups excluding carboxylic acids is 1. The van der Waals surface area contributed by atoms with E-state index in [2.05, 4.69) is 15.5 Å². The van der Waals surface area contributed by atoms with Gasteiger partial charge in [0.1, 0.15) is 11.6 Å². The summed E-state index contributed by atoms with van der Waals surface area (Å²) in [5.74, 6) is -0.359. The van der Waals surface area contributed by atoms with Gasteiger partial charge in [-0.25, -0.2) is 8.42 Å². The van der Waals surface area contributed by atoms with Crippen molar-refractivity contribution in [1.82, 2.24) is 14.5 Å². The highest BCUT2D eigenvalue weighted by Crippen LogP contribution is 2.26. The SMILES string of the molecule is Cc1ccc(S(=O)(=O)N2CCCC[C@H]2C(=O)Nc2nncs2)cc1. The van der Waals surface area contributed by atoms with Crippen molar-refractivity contribution in [2.45, 2.75) is 37.1 Å². The number of nitrogens with zero attached hydrogens (tertiary/aromatic N) is 3. The van der Waals surface area contributed by atoms with Gasteiger partial charge >= 0.3 is 0 Å². The number of carbonyl (C=O) groups is 1. The molecule has 1 saturated heterocycles. The van der Waals surface area contributed by atoms with Crippen LogP contribution in [0.2, 0.25) is 0 Å². The first-order chi connectivity index (χ1) is 11.5. The normalized spacial score (nSPS) is 19.1. The van der Waals surface area contributed by atoms with E-state index < -0.39 is 16.1 Å². The molecule has 0 aliphatic carbocycles. The maximum absolute atomic E-state index is 12.9. The number of hydrogen-bond acceptors (Lipinski definition) is 6. The average Bonchev–Trinajstić information content (AvgIpc) is 3.08. The molecule has 128 valence electrons. The number of rotatable bonds is 4. The summed E-state index contributed by atoms with van der Waals surface area (Å²) < 4.78 is 27.2. The second-order valence-electron chi connectivity index (χ2n) is 5.67. The number of amides is 1. The highest BCUT2D eigenvalue weighted by atomic mass is 32.2.